The Balaban J connectivity index is 2.47. The first-order valence-electron chi connectivity index (χ1n) is 5.04. The Morgan fingerprint density at radius 1 is 1.31 bits per heavy atom. The van der Waals surface area contributed by atoms with Crippen LogP contribution in [0.5, 0.6) is 0 Å². The number of carbonyl (C=O) groups excluding carboxylic acids is 1. The summed E-state index contributed by atoms with van der Waals surface area (Å²) < 4.78 is 0.921. The third-order valence-electron chi connectivity index (χ3n) is 2.59. The third kappa shape index (κ3) is 1.95. The normalized spacial score (nSPS) is 10.4. The van der Waals surface area contributed by atoms with Crippen molar-refractivity contribution < 1.29 is 4.79 Å². The number of H-pyrrole nitrogens is 1. The van der Waals surface area contributed by atoms with Crippen molar-refractivity contribution in [3.63, 3.8) is 0 Å². The first kappa shape index (κ1) is 11.1. The summed E-state index contributed by atoms with van der Waals surface area (Å²) in [6, 6.07) is 7.45. The predicted molar refractivity (Wildman–Crippen MR) is 67.8 cm³/mol. The van der Waals surface area contributed by atoms with Gasteiger partial charge in [-0.05, 0) is 31.5 Å². The molecular weight excluding hydrogens is 266 g/mol. The SMILES string of the molecule is Cc1c[nH]c(C)c1C(=O)c1cccc(Br)c1. The van der Waals surface area contributed by atoms with Crippen LogP contribution in [0.15, 0.2) is 34.9 Å². The number of hydrogen-bond donors (Lipinski definition) is 1. The van der Waals surface area contributed by atoms with Gasteiger partial charge in [0.2, 0.25) is 0 Å². The van der Waals surface area contributed by atoms with Gasteiger partial charge >= 0.3 is 0 Å². The van der Waals surface area contributed by atoms with Crippen molar-refractivity contribution in [2.45, 2.75) is 13.8 Å². The summed E-state index contributed by atoms with van der Waals surface area (Å²) >= 11 is 3.37. The molecule has 0 unspecified atom stereocenters. The van der Waals surface area contributed by atoms with Crippen LogP contribution in [0.4, 0.5) is 0 Å². The Labute approximate surface area is 103 Å². The Bertz CT molecular complexity index is 523. The molecule has 0 atom stereocenters. The minimum atomic E-state index is 0.0672. The molecule has 82 valence electrons. The number of aryl methyl sites for hydroxylation is 2. The van der Waals surface area contributed by atoms with Gasteiger partial charge in [0.25, 0.3) is 0 Å². The fourth-order valence-corrected chi connectivity index (χ4v) is 2.18. The van der Waals surface area contributed by atoms with Crippen molar-refractivity contribution in [1.82, 2.24) is 4.98 Å². The maximum absolute atomic E-state index is 12.3. The molecule has 0 fully saturated rings. The molecule has 2 aromatic rings. The molecule has 0 aliphatic heterocycles. The minimum Gasteiger partial charge on any atom is -0.364 e. The van der Waals surface area contributed by atoms with Gasteiger partial charge in [0.1, 0.15) is 0 Å². The van der Waals surface area contributed by atoms with Gasteiger partial charge in [-0.3, -0.25) is 4.79 Å². The van der Waals surface area contributed by atoms with Gasteiger partial charge in [-0.2, -0.15) is 0 Å². The number of aromatic nitrogens is 1. The third-order valence-corrected chi connectivity index (χ3v) is 3.08. The van der Waals surface area contributed by atoms with Crippen molar-refractivity contribution in [1.29, 1.82) is 0 Å². The Morgan fingerprint density at radius 2 is 2.06 bits per heavy atom. The number of carbonyl (C=O) groups is 1. The molecular formula is C13H12BrNO. The summed E-state index contributed by atoms with van der Waals surface area (Å²) in [4.78, 5) is 15.3. The van der Waals surface area contributed by atoms with Gasteiger partial charge in [0, 0.05) is 27.5 Å². The summed E-state index contributed by atoms with van der Waals surface area (Å²) in [7, 11) is 0. The zero-order valence-corrected chi connectivity index (χ0v) is 10.8. The molecule has 1 aromatic heterocycles. The molecule has 0 spiro atoms. The lowest BCUT2D eigenvalue weighted by Gasteiger charge is -2.02. The van der Waals surface area contributed by atoms with E-state index in [1.54, 1.807) is 0 Å². The highest BCUT2D eigenvalue weighted by atomic mass is 79.9. The average molecular weight is 278 g/mol. The number of ketones is 1. The molecule has 0 bridgehead atoms. The lowest BCUT2D eigenvalue weighted by Crippen LogP contribution is -2.03. The minimum absolute atomic E-state index is 0.0672. The van der Waals surface area contributed by atoms with Gasteiger partial charge in [-0.1, -0.05) is 28.1 Å². The lowest BCUT2D eigenvalue weighted by atomic mass is 10.0. The van der Waals surface area contributed by atoms with Crippen LogP contribution in [-0.4, -0.2) is 10.8 Å². The standard InChI is InChI=1S/C13H12BrNO/c1-8-7-15-9(2)12(8)13(16)10-4-3-5-11(14)6-10/h3-7,15H,1-2H3. The van der Waals surface area contributed by atoms with Crippen LogP contribution in [0.2, 0.25) is 0 Å². The largest absolute Gasteiger partial charge is 0.364 e. The van der Waals surface area contributed by atoms with E-state index in [4.69, 9.17) is 0 Å². The fourth-order valence-electron chi connectivity index (χ4n) is 1.78. The molecule has 0 saturated heterocycles. The first-order valence-corrected chi connectivity index (χ1v) is 5.83. The van der Waals surface area contributed by atoms with Crippen LogP contribution in [0.3, 0.4) is 0 Å². The van der Waals surface area contributed by atoms with Crippen molar-refractivity contribution >= 4 is 21.7 Å². The lowest BCUT2D eigenvalue weighted by molar-refractivity contribution is 0.103. The van der Waals surface area contributed by atoms with E-state index in [-0.39, 0.29) is 5.78 Å². The number of rotatable bonds is 2. The Morgan fingerprint density at radius 3 is 2.62 bits per heavy atom. The van der Waals surface area contributed by atoms with Gasteiger partial charge in [-0.15, -0.1) is 0 Å². The Kier molecular flexibility index (Phi) is 2.97. The van der Waals surface area contributed by atoms with Crippen LogP contribution >= 0.6 is 15.9 Å². The molecule has 2 rings (SSSR count). The summed E-state index contributed by atoms with van der Waals surface area (Å²) in [5.41, 5.74) is 3.39. The molecule has 0 amide bonds. The van der Waals surface area contributed by atoms with E-state index in [0.717, 1.165) is 21.3 Å². The van der Waals surface area contributed by atoms with Crippen molar-refractivity contribution in [2.24, 2.45) is 0 Å². The second kappa shape index (κ2) is 4.26. The van der Waals surface area contributed by atoms with Crippen LogP contribution in [-0.2, 0) is 0 Å². The molecule has 2 nitrogen and oxygen atoms in total. The fraction of sp³-hybridized carbons (Fsp3) is 0.154. The second-order valence-electron chi connectivity index (χ2n) is 3.81. The van der Waals surface area contributed by atoms with E-state index >= 15 is 0 Å². The maximum atomic E-state index is 12.3. The van der Waals surface area contributed by atoms with E-state index in [0.29, 0.717) is 5.56 Å². The first-order chi connectivity index (χ1) is 7.59. The zero-order valence-electron chi connectivity index (χ0n) is 9.17. The van der Waals surface area contributed by atoms with E-state index in [9.17, 15) is 4.79 Å². The summed E-state index contributed by atoms with van der Waals surface area (Å²) in [5.74, 6) is 0.0672. The van der Waals surface area contributed by atoms with E-state index < -0.39 is 0 Å². The number of halogens is 1. The topological polar surface area (TPSA) is 32.9 Å². The molecule has 1 N–H and O–H groups in total. The number of benzene rings is 1. The summed E-state index contributed by atoms with van der Waals surface area (Å²) in [5, 5.41) is 0. The molecule has 0 saturated carbocycles. The average Bonchev–Trinajstić information content (AvgIpc) is 2.58. The quantitative estimate of drug-likeness (QED) is 0.836. The smallest absolute Gasteiger partial charge is 0.195 e. The number of nitrogens with one attached hydrogen (secondary N) is 1. The van der Waals surface area contributed by atoms with Crippen LogP contribution in [0.1, 0.15) is 27.2 Å². The highest BCUT2D eigenvalue weighted by molar-refractivity contribution is 9.10. The molecule has 1 aromatic carbocycles. The second-order valence-corrected chi connectivity index (χ2v) is 4.73. The van der Waals surface area contributed by atoms with Gasteiger partial charge in [0.15, 0.2) is 5.78 Å². The van der Waals surface area contributed by atoms with E-state index in [2.05, 4.69) is 20.9 Å². The van der Waals surface area contributed by atoms with Crippen LogP contribution in [0.25, 0.3) is 0 Å². The molecule has 0 aliphatic carbocycles. The number of aromatic amines is 1. The van der Waals surface area contributed by atoms with Crippen molar-refractivity contribution in [3.8, 4) is 0 Å². The van der Waals surface area contributed by atoms with Gasteiger partial charge in [0.05, 0.1) is 0 Å². The van der Waals surface area contributed by atoms with E-state index in [1.807, 2.05) is 44.3 Å². The highest BCUT2D eigenvalue weighted by Gasteiger charge is 2.15. The molecule has 1 heterocycles. The molecule has 0 aliphatic rings. The number of hydrogen-bond acceptors (Lipinski definition) is 1. The maximum Gasteiger partial charge on any atom is 0.195 e. The van der Waals surface area contributed by atoms with E-state index in [1.165, 1.54) is 0 Å². The van der Waals surface area contributed by atoms with Crippen LogP contribution < -0.4 is 0 Å². The summed E-state index contributed by atoms with van der Waals surface area (Å²) in [6.07, 6.45) is 1.86. The summed E-state index contributed by atoms with van der Waals surface area (Å²) in [6.45, 7) is 3.85. The molecule has 3 heteroatoms. The highest BCUT2D eigenvalue weighted by Crippen LogP contribution is 2.19. The van der Waals surface area contributed by atoms with Gasteiger partial charge in [-0.25, -0.2) is 0 Å². The van der Waals surface area contributed by atoms with Crippen molar-refractivity contribution in [2.75, 3.05) is 0 Å². The van der Waals surface area contributed by atoms with Gasteiger partial charge < -0.3 is 4.98 Å². The zero-order chi connectivity index (χ0) is 11.7. The monoisotopic (exact) mass is 277 g/mol. The van der Waals surface area contributed by atoms with Crippen molar-refractivity contribution in [3.05, 3.63) is 57.3 Å². The molecule has 16 heavy (non-hydrogen) atoms. The van der Waals surface area contributed by atoms with Crippen LogP contribution in [0, 0.1) is 13.8 Å². The predicted octanol–water partition coefficient (Wildman–Crippen LogP) is 3.63. The molecule has 0 radical (unpaired) electrons. The Hall–Kier alpha value is -1.35.